The van der Waals surface area contributed by atoms with Crippen molar-refractivity contribution < 1.29 is 80.2 Å². The van der Waals surface area contributed by atoms with Gasteiger partial charge >= 0.3 is 39.5 Å². The normalized spacial score (nSPS) is 14.4. The van der Waals surface area contributed by atoms with Crippen LogP contribution in [0.25, 0.3) is 0 Å². The van der Waals surface area contributed by atoms with Crippen LogP contribution in [0, 0.1) is 11.8 Å². The summed E-state index contributed by atoms with van der Waals surface area (Å²) < 4.78 is 68.7. The van der Waals surface area contributed by atoms with E-state index in [-0.39, 0.29) is 25.7 Å². The molecule has 584 valence electrons. The molecule has 0 amide bonds. The summed E-state index contributed by atoms with van der Waals surface area (Å²) in [6, 6.07) is 0. The molecule has 0 saturated heterocycles. The van der Waals surface area contributed by atoms with Gasteiger partial charge in [0.15, 0.2) is 12.2 Å². The molecule has 0 aliphatic rings. The molecule has 0 rings (SSSR count). The maximum Gasteiger partial charge on any atom is 0.472 e. The highest BCUT2D eigenvalue weighted by Gasteiger charge is 2.30. The van der Waals surface area contributed by atoms with Crippen molar-refractivity contribution in [2.24, 2.45) is 11.8 Å². The lowest BCUT2D eigenvalue weighted by Crippen LogP contribution is -2.30. The molecule has 0 spiro atoms. The second-order valence-corrected chi connectivity index (χ2v) is 31.7. The van der Waals surface area contributed by atoms with Crippen LogP contribution in [-0.2, 0) is 65.4 Å². The zero-order valence-electron chi connectivity index (χ0n) is 64.3. The zero-order chi connectivity index (χ0) is 72.8. The molecule has 0 aliphatic carbocycles. The number of carbonyl (C=O) groups excluding carboxylic acids is 4. The average molecular weight is 1450 g/mol. The Bertz CT molecular complexity index is 2000. The number of rotatable bonds is 77. The van der Waals surface area contributed by atoms with Gasteiger partial charge in [-0.1, -0.05) is 342 Å². The van der Waals surface area contributed by atoms with Gasteiger partial charge in [0, 0.05) is 25.7 Å². The smallest absolute Gasteiger partial charge is 0.462 e. The fraction of sp³-hybridized carbons (Fsp3) is 0.900. The van der Waals surface area contributed by atoms with E-state index in [0.717, 1.165) is 121 Å². The van der Waals surface area contributed by atoms with Crippen LogP contribution in [0.15, 0.2) is 24.3 Å². The zero-order valence-corrected chi connectivity index (χ0v) is 66.1. The van der Waals surface area contributed by atoms with Crippen LogP contribution in [0.2, 0.25) is 0 Å². The minimum absolute atomic E-state index is 0.101. The quantitative estimate of drug-likeness (QED) is 0.0169. The Morgan fingerprint density at radius 3 is 0.909 bits per heavy atom. The molecule has 0 fully saturated rings. The van der Waals surface area contributed by atoms with Crippen LogP contribution >= 0.6 is 15.6 Å². The molecule has 0 aromatic rings. The SMILES string of the molecule is CCCCCC/C=C\C=C/CCCCCCCC(=O)OC[C@H](COP(=O)(O)OC[C@@H](O)COP(=O)(O)OC[C@@H](COC(=O)CCCCCCCCCCC(C)CC)OC(=O)CCCCCCCCCCCCCCCC)OC(=O)CCCCCCCCCCCCCCCCCC(C)C. The molecule has 0 saturated carbocycles. The lowest BCUT2D eigenvalue weighted by atomic mass is 9.99. The maximum atomic E-state index is 13.1. The van der Waals surface area contributed by atoms with E-state index in [1.165, 1.54) is 193 Å². The Hall–Kier alpha value is -2.46. The van der Waals surface area contributed by atoms with Gasteiger partial charge in [-0.15, -0.1) is 0 Å². The Morgan fingerprint density at radius 2 is 0.596 bits per heavy atom. The summed E-state index contributed by atoms with van der Waals surface area (Å²) in [5.41, 5.74) is 0. The number of aliphatic hydroxyl groups excluding tert-OH is 1. The highest BCUT2D eigenvalue weighted by molar-refractivity contribution is 7.47. The number of phosphoric acid groups is 2. The minimum atomic E-state index is -4.97. The number of unbranched alkanes of at least 4 members (excludes halogenated alkanes) is 43. The van der Waals surface area contributed by atoms with Gasteiger partial charge in [0.05, 0.1) is 26.4 Å². The van der Waals surface area contributed by atoms with E-state index < -0.39 is 97.5 Å². The molecule has 0 aliphatic heterocycles. The first kappa shape index (κ1) is 96.5. The van der Waals surface area contributed by atoms with E-state index in [1.54, 1.807) is 0 Å². The van der Waals surface area contributed by atoms with Crippen molar-refractivity contribution >= 4 is 39.5 Å². The molecule has 99 heavy (non-hydrogen) atoms. The van der Waals surface area contributed by atoms with Crippen molar-refractivity contribution in [3.05, 3.63) is 24.3 Å². The van der Waals surface area contributed by atoms with Gasteiger partial charge in [-0.25, -0.2) is 9.13 Å². The van der Waals surface area contributed by atoms with Crippen LogP contribution in [0.5, 0.6) is 0 Å². The van der Waals surface area contributed by atoms with E-state index >= 15 is 0 Å². The van der Waals surface area contributed by atoms with Crippen LogP contribution in [0.3, 0.4) is 0 Å². The number of allylic oxidation sites excluding steroid dienone is 4. The molecule has 0 aromatic heterocycles. The Labute approximate surface area is 605 Å². The van der Waals surface area contributed by atoms with E-state index in [4.69, 9.17) is 37.0 Å². The molecule has 0 bridgehead atoms. The average Bonchev–Trinajstić information content (AvgIpc) is 1.09. The Morgan fingerprint density at radius 1 is 0.333 bits per heavy atom. The number of aliphatic hydroxyl groups is 1. The molecule has 3 unspecified atom stereocenters. The first-order valence-corrected chi connectivity index (χ1v) is 43.8. The predicted molar refractivity (Wildman–Crippen MR) is 404 cm³/mol. The number of esters is 4. The maximum absolute atomic E-state index is 13.1. The van der Waals surface area contributed by atoms with Gasteiger partial charge in [-0.3, -0.25) is 37.3 Å². The first-order chi connectivity index (χ1) is 47.9. The van der Waals surface area contributed by atoms with Crippen LogP contribution in [-0.4, -0.2) is 96.7 Å². The summed E-state index contributed by atoms with van der Waals surface area (Å²) in [6.07, 6.45) is 63.1. The van der Waals surface area contributed by atoms with E-state index in [1.807, 2.05) is 0 Å². The van der Waals surface area contributed by atoms with Gasteiger partial charge < -0.3 is 33.8 Å². The number of ether oxygens (including phenoxy) is 4. The fourth-order valence-electron chi connectivity index (χ4n) is 11.8. The highest BCUT2D eigenvalue weighted by atomic mass is 31.2. The standard InChI is InChI=1S/C80H152O17P2/c1-7-10-12-14-16-18-20-22-25-30-33-37-44-50-56-62-77(82)90-68-75(96-80(85)65-59-53-47-39-35-31-27-24-26-28-32-36-42-48-54-60-72(4)5)70-94-98(86,87)92-66-74(81)67-93-99(88,89)95-71-76(69-91-78(83)63-57-51-45-41-40-43-49-55-61-73(6)9-3)97-79(84)64-58-52-46-38-34-29-23-21-19-17-15-13-11-8-2/h18,20,22,25,72-76,81H,7-17,19,21,23-24,26-71H2,1-6H3,(H,86,87)(H,88,89)/b20-18-,25-22-/t73?,74-,75-,76-/m1/s1. The summed E-state index contributed by atoms with van der Waals surface area (Å²) in [5, 5.41) is 10.6. The summed E-state index contributed by atoms with van der Waals surface area (Å²) in [7, 11) is -9.93. The van der Waals surface area contributed by atoms with Gasteiger partial charge in [0.1, 0.15) is 19.3 Å². The van der Waals surface area contributed by atoms with Crippen LogP contribution in [0.4, 0.5) is 0 Å². The molecule has 0 radical (unpaired) electrons. The van der Waals surface area contributed by atoms with Crippen LogP contribution < -0.4 is 0 Å². The first-order valence-electron chi connectivity index (χ1n) is 40.8. The second-order valence-electron chi connectivity index (χ2n) is 28.8. The third kappa shape index (κ3) is 72.3. The third-order valence-electron chi connectivity index (χ3n) is 18.4. The molecule has 17 nitrogen and oxygen atoms in total. The van der Waals surface area contributed by atoms with Crippen LogP contribution in [0.1, 0.15) is 395 Å². The largest absolute Gasteiger partial charge is 0.472 e. The molecule has 0 aromatic carbocycles. The van der Waals surface area contributed by atoms with Crippen molar-refractivity contribution in [3.63, 3.8) is 0 Å². The number of hydrogen-bond acceptors (Lipinski definition) is 15. The van der Waals surface area contributed by atoms with Crippen molar-refractivity contribution in [2.45, 2.75) is 413 Å². The molecule has 3 N–H and O–H groups in total. The van der Waals surface area contributed by atoms with Crippen molar-refractivity contribution in [3.8, 4) is 0 Å². The molecule has 0 heterocycles. The monoisotopic (exact) mass is 1450 g/mol. The van der Waals surface area contributed by atoms with Gasteiger partial charge in [0.25, 0.3) is 0 Å². The van der Waals surface area contributed by atoms with E-state index in [2.05, 4.69) is 65.8 Å². The lowest BCUT2D eigenvalue weighted by molar-refractivity contribution is -0.161. The van der Waals surface area contributed by atoms with E-state index in [9.17, 15) is 43.2 Å². The van der Waals surface area contributed by atoms with Crippen molar-refractivity contribution in [1.29, 1.82) is 0 Å². The molecule has 19 heteroatoms. The summed E-state index contributed by atoms with van der Waals surface area (Å²) in [4.78, 5) is 73.0. The van der Waals surface area contributed by atoms with Crippen molar-refractivity contribution in [2.75, 3.05) is 39.6 Å². The Balaban J connectivity index is 5.30. The van der Waals surface area contributed by atoms with E-state index in [0.29, 0.717) is 25.7 Å². The Kier molecular flexibility index (Phi) is 69.4. The summed E-state index contributed by atoms with van der Waals surface area (Å²) >= 11 is 0. The highest BCUT2D eigenvalue weighted by Crippen LogP contribution is 2.45. The number of carbonyl (C=O) groups is 4. The fourth-order valence-corrected chi connectivity index (χ4v) is 13.4. The number of phosphoric ester groups is 2. The third-order valence-corrected chi connectivity index (χ3v) is 20.3. The van der Waals surface area contributed by atoms with Gasteiger partial charge in [0.2, 0.25) is 0 Å². The van der Waals surface area contributed by atoms with Gasteiger partial charge in [-0.2, -0.15) is 0 Å². The minimum Gasteiger partial charge on any atom is -0.462 e. The lowest BCUT2D eigenvalue weighted by Gasteiger charge is -2.21. The topological polar surface area (TPSA) is 237 Å². The molecular formula is C80H152O17P2. The molecular weight excluding hydrogens is 1290 g/mol. The number of hydrogen-bond donors (Lipinski definition) is 3. The van der Waals surface area contributed by atoms with Crippen molar-refractivity contribution in [1.82, 2.24) is 0 Å². The summed E-state index contributed by atoms with van der Waals surface area (Å²) in [5.74, 6) is -0.562. The van der Waals surface area contributed by atoms with Gasteiger partial charge in [-0.05, 0) is 63.2 Å². The molecule has 6 atom stereocenters. The summed E-state index contributed by atoms with van der Waals surface area (Å²) in [6.45, 7) is 9.59. The predicted octanol–water partition coefficient (Wildman–Crippen LogP) is 23.4. The second kappa shape index (κ2) is 71.2.